The maximum absolute atomic E-state index is 6.40. The average Bonchev–Trinajstić information content (AvgIpc) is 3.54. The Morgan fingerprint density at radius 2 is 1.49 bits per heavy atom. The molecular weight excluding hydrogens is 498 g/mol. The maximum Gasteiger partial charge on any atom is 0.174 e. The van der Waals surface area contributed by atoms with Gasteiger partial charge in [0.15, 0.2) is 10.2 Å². The largest absolute Gasteiger partial charge is 0.457 e. The van der Waals surface area contributed by atoms with Gasteiger partial charge in [0.1, 0.15) is 23.3 Å². The molecule has 1 aliphatic heterocycles. The van der Waals surface area contributed by atoms with Crippen molar-refractivity contribution in [2.75, 3.05) is 4.90 Å². The van der Waals surface area contributed by atoms with Crippen molar-refractivity contribution in [1.82, 2.24) is 10.3 Å². The number of ether oxygens (including phenoxy) is 1. The van der Waals surface area contributed by atoms with E-state index in [2.05, 4.69) is 27.3 Å². The number of furan rings is 1. The number of nitrogens with zero attached hydrogens (tertiary/aromatic N) is 2. The van der Waals surface area contributed by atoms with Gasteiger partial charge in [-0.1, -0.05) is 54.2 Å². The molecule has 37 heavy (non-hydrogen) atoms. The summed E-state index contributed by atoms with van der Waals surface area (Å²) in [6, 6.07) is 37.4. The second-order valence-corrected chi connectivity index (χ2v) is 9.94. The fraction of sp³-hybridized carbons (Fsp3) is 0.0667. The molecule has 0 saturated carbocycles. The van der Waals surface area contributed by atoms with Crippen LogP contribution in [0.15, 0.2) is 136 Å². The van der Waals surface area contributed by atoms with Gasteiger partial charge in [-0.3, -0.25) is 4.98 Å². The van der Waals surface area contributed by atoms with Crippen LogP contribution in [0.5, 0.6) is 11.5 Å². The van der Waals surface area contributed by atoms with Crippen LogP contribution in [0.1, 0.15) is 23.5 Å². The van der Waals surface area contributed by atoms with Crippen LogP contribution in [0.4, 0.5) is 5.69 Å². The summed E-state index contributed by atoms with van der Waals surface area (Å²) in [6.07, 6.45) is 1.80. The van der Waals surface area contributed by atoms with Crippen LogP contribution in [0.3, 0.4) is 0 Å². The summed E-state index contributed by atoms with van der Waals surface area (Å²) in [4.78, 5) is 7.83. The van der Waals surface area contributed by atoms with Crippen molar-refractivity contribution in [3.63, 3.8) is 0 Å². The van der Waals surface area contributed by atoms with Gasteiger partial charge in [-0.25, -0.2) is 0 Å². The lowest BCUT2D eigenvalue weighted by molar-refractivity contribution is 0.383. The van der Waals surface area contributed by atoms with E-state index in [1.54, 1.807) is 18.0 Å². The predicted octanol–water partition coefficient (Wildman–Crippen LogP) is 7.80. The summed E-state index contributed by atoms with van der Waals surface area (Å²) in [5.41, 5.74) is 1.84. The highest BCUT2D eigenvalue weighted by molar-refractivity contribution is 7.99. The number of rotatable bonds is 7. The van der Waals surface area contributed by atoms with E-state index in [-0.39, 0.29) is 12.1 Å². The van der Waals surface area contributed by atoms with Gasteiger partial charge in [-0.05, 0) is 85.0 Å². The van der Waals surface area contributed by atoms with Crippen LogP contribution in [0, 0.1) is 0 Å². The minimum atomic E-state index is -0.214. The quantitative estimate of drug-likeness (QED) is 0.219. The molecule has 0 amide bonds. The van der Waals surface area contributed by atoms with E-state index in [1.165, 1.54) is 0 Å². The molecule has 5 aromatic rings. The van der Waals surface area contributed by atoms with Gasteiger partial charge < -0.3 is 19.4 Å². The number of benzene rings is 3. The molecule has 0 bridgehead atoms. The number of aromatic nitrogens is 1. The van der Waals surface area contributed by atoms with E-state index in [4.69, 9.17) is 21.4 Å². The lowest BCUT2D eigenvalue weighted by atomic mass is 10.0. The third-order valence-corrected chi connectivity index (χ3v) is 7.29. The number of pyridine rings is 1. The van der Waals surface area contributed by atoms with Crippen molar-refractivity contribution in [3.8, 4) is 11.5 Å². The molecule has 3 aromatic carbocycles. The summed E-state index contributed by atoms with van der Waals surface area (Å²) in [5.74, 6) is 2.36. The fourth-order valence-electron chi connectivity index (χ4n) is 4.37. The molecule has 0 unspecified atom stereocenters. The second kappa shape index (κ2) is 10.5. The Labute approximate surface area is 225 Å². The van der Waals surface area contributed by atoms with Crippen molar-refractivity contribution in [1.29, 1.82) is 0 Å². The molecule has 2 atom stereocenters. The first-order valence-corrected chi connectivity index (χ1v) is 13.1. The highest BCUT2D eigenvalue weighted by Crippen LogP contribution is 2.43. The van der Waals surface area contributed by atoms with E-state index in [9.17, 15) is 0 Å². The SMILES string of the molecule is S=C1N[C@@H](c2ccccn2)[C@@H](c2ccc(Sc3ccccc3)o2)N1c1ccc(Oc2ccccc2)cc1. The van der Waals surface area contributed by atoms with Gasteiger partial charge in [0, 0.05) is 16.8 Å². The molecular formula is C30H23N3O2S2. The zero-order valence-electron chi connectivity index (χ0n) is 19.7. The van der Waals surface area contributed by atoms with Crippen LogP contribution in [0.25, 0.3) is 0 Å². The fourth-order valence-corrected chi connectivity index (χ4v) is 5.52. The predicted molar refractivity (Wildman–Crippen MR) is 150 cm³/mol. The van der Waals surface area contributed by atoms with Crippen LogP contribution in [0.2, 0.25) is 0 Å². The minimum absolute atomic E-state index is 0.172. The normalized spacial score (nSPS) is 17.0. The number of hydrogen-bond acceptors (Lipinski definition) is 5. The number of nitrogens with one attached hydrogen (secondary N) is 1. The third kappa shape index (κ3) is 5.09. The monoisotopic (exact) mass is 521 g/mol. The van der Waals surface area contributed by atoms with Crippen molar-refractivity contribution in [2.45, 2.75) is 22.1 Å². The summed E-state index contributed by atoms with van der Waals surface area (Å²) in [6.45, 7) is 0. The van der Waals surface area contributed by atoms with Crippen LogP contribution in [-0.4, -0.2) is 10.1 Å². The molecule has 1 aliphatic rings. The second-order valence-electron chi connectivity index (χ2n) is 8.48. The molecule has 2 aromatic heterocycles. The number of para-hydroxylation sites is 1. The van der Waals surface area contributed by atoms with E-state index >= 15 is 0 Å². The first-order chi connectivity index (χ1) is 18.2. The zero-order valence-corrected chi connectivity index (χ0v) is 21.4. The van der Waals surface area contributed by atoms with Gasteiger partial charge in [-0.15, -0.1) is 0 Å². The van der Waals surface area contributed by atoms with E-state index in [0.29, 0.717) is 5.11 Å². The molecule has 6 rings (SSSR count). The van der Waals surface area contributed by atoms with Gasteiger partial charge in [0.25, 0.3) is 0 Å². The Bertz CT molecular complexity index is 1480. The maximum atomic E-state index is 6.40. The van der Waals surface area contributed by atoms with Crippen LogP contribution >= 0.6 is 24.0 Å². The zero-order chi connectivity index (χ0) is 25.0. The molecule has 1 saturated heterocycles. The molecule has 1 N–H and O–H groups in total. The Hall–Kier alpha value is -4.07. The van der Waals surface area contributed by atoms with Gasteiger partial charge >= 0.3 is 0 Å². The molecule has 182 valence electrons. The smallest absolute Gasteiger partial charge is 0.174 e. The Morgan fingerprint density at radius 1 is 0.784 bits per heavy atom. The van der Waals surface area contributed by atoms with Crippen molar-refractivity contribution < 1.29 is 9.15 Å². The Kier molecular flexibility index (Phi) is 6.62. The molecule has 3 heterocycles. The molecule has 1 fully saturated rings. The summed E-state index contributed by atoms with van der Waals surface area (Å²) >= 11 is 7.43. The summed E-state index contributed by atoms with van der Waals surface area (Å²) < 4.78 is 12.4. The highest BCUT2D eigenvalue weighted by Gasteiger charge is 2.42. The van der Waals surface area contributed by atoms with E-state index in [1.807, 2.05) is 103 Å². The molecule has 0 aliphatic carbocycles. The van der Waals surface area contributed by atoms with E-state index in [0.717, 1.165) is 38.6 Å². The topological polar surface area (TPSA) is 50.5 Å². The molecule has 5 nitrogen and oxygen atoms in total. The Balaban J connectivity index is 1.32. The number of hydrogen-bond donors (Lipinski definition) is 1. The third-order valence-electron chi connectivity index (χ3n) is 6.05. The summed E-state index contributed by atoms with van der Waals surface area (Å²) in [5, 5.41) is 4.92. The lowest BCUT2D eigenvalue weighted by Gasteiger charge is -2.26. The molecule has 0 spiro atoms. The molecule has 0 radical (unpaired) electrons. The van der Waals surface area contributed by atoms with Crippen molar-refractivity contribution in [2.24, 2.45) is 0 Å². The average molecular weight is 522 g/mol. The number of anilines is 1. The highest BCUT2D eigenvalue weighted by atomic mass is 32.2. The van der Waals surface area contributed by atoms with Gasteiger partial charge in [0.05, 0.1) is 11.7 Å². The number of thiocarbonyl (C=S) groups is 1. The van der Waals surface area contributed by atoms with Gasteiger partial charge in [-0.2, -0.15) is 0 Å². The van der Waals surface area contributed by atoms with Crippen molar-refractivity contribution >= 4 is 34.8 Å². The molecule has 7 heteroatoms. The minimum Gasteiger partial charge on any atom is -0.457 e. The van der Waals surface area contributed by atoms with E-state index < -0.39 is 0 Å². The standard InChI is InChI=1S/C30H23N3O2S2/c36-30-32-28(25-13-7-8-20-31-25)29(26-18-19-27(35-26)37-24-11-5-2-6-12-24)33(30)21-14-16-23(17-15-21)34-22-9-3-1-4-10-22/h1-20,28-29H,(H,32,36)/t28-,29+/m0/s1. The first-order valence-electron chi connectivity index (χ1n) is 11.9. The lowest BCUT2D eigenvalue weighted by Crippen LogP contribution is -2.29. The van der Waals surface area contributed by atoms with Crippen molar-refractivity contribution in [3.05, 3.63) is 133 Å². The van der Waals surface area contributed by atoms with Gasteiger partial charge in [0.2, 0.25) is 0 Å². The first kappa shape index (κ1) is 23.3. The Morgan fingerprint density at radius 3 is 2.22 bits per heavy atom. The van der Waals surface area contributed by atoms with Crippen LogP contribution < -0.4 is 15.0 Å². The van der Waals surface area contributed by atoms with Crippen LogP contribution in [-0.2, 0) is 0 Å². The summed E-state index contributed by atoms with van der Waals surface area (Å²) in [7, 11) is 0.